The Morgan fingerprint density at radius 3 is 2.96 bits per heavy atom. The Labute approximate surface area is 148 Å². The number of aromatic nitrogens is 2. The maximum absolute atomic E-state index is 11.9. The lowest BCUT2D eigenvalue weighted by atomic mass is 10.2. The third-order valence-corrected chi connectivity index (χ3v) is 6.01. The second-order valence-corrected chi connectivity index (χ2v) is 7.68. The van der Waals surface area contributed by atoms with Crippen LogP contribution in [0, 0.1) is 0 Å². The van der Waals surface area contributed by atoms with E-state index in [2.05, 4.69) is 20.6 Å². The molecule has 8 heteroatoms. The van der Waals surface area contributed by atoms with Crippen molar-refractivity contribution < 1.29 is 9.59 Å². The highest BCUT2D eigenvalue weighted by atomic mass is 32.2. The summed E-state index contributed by atoms with van der Waals surface area (Å²) >= 11 is 3.15. The van der Waals surface area contributed by atoms with E-state index in [4.69, 9.17) is 0 Å². The summed E-state index contributed by atoms with van der Waals surface area (Å²) < 4.78 is 0. The number of thiophene rings is 1. The van der Waals surface area contributed by atoms with Gasteiger partial charge in [-0.1, -0.05) is 18.7 Å². The van der Waals surface area contributed by atoms with Crippen LogP contribution in [0.4, 0.5) is 0 Å². The number of nitrogens with one attached hydrogen (secondary N) is 2. The minimum absolute atomic E-state index is 0.0203. The number of aryl methyl sites for hydroxylation is 2. The minimum atomic E-state index is -0.162. The summed E-state index contributed by atoms with van der Waals surface area (Å²) in [7, 11) is 0. The maximum Gasteiger partial charge on any atom is 0.239 e. The molecular weight excluding hydrogens is 344 g/mol. The summed E-state index contributed by atoms with van der Waals surface area (Å²) in [6.07, 6.45) is 5.81. The predicted molar refractivity (Wildman–Crippen MR) is 96.5 cm³/mol. The van der Waals surface area contributed by atoms with Crippen LogP contribution in [-0.2, 0) is 22.4 Å². The van der Waals surface area contributed by atoms with Crippen molar-refractivity contribution in [2.75, 3.05) is 18.8 Å². The molecule has 0 fully saturated rings. The summed E-state index contributed by atoms with van der Waals surface area (Å²) in [5, 5.41) is 7.36. The van der Waals surface area contributed by atoms with Gasteiger partial charge in [-0.15, -0.1) is 11.3 Å². The fraction of sp³-hybridized carbons (Fsp3) is 0.500. The average molecular weight is 364 g/mol. The van der Waals surface area contributed by atoms with Crippen molar-refractivity contribution >= 4 is 45.1 Å². The molecule has 0 saturated carbocycles. The minimum Gasteiger partial charge on any atom is -0.355 e. The Morgan fingerprint density at radius 2 is 2.12 bits per heavy atom. The van der Waals surface area contributed by atoms with Gasteiger partial charge in [0.15, 0.2) is 0 Å². The highest BCUT2D eigenvalue weighted by Crippen LogP contribution is 2.39. The van der Waals surface area contributed by atoms with E-state index >= 15 is 0 Å². The van der Waals surface area contributed by atoms with Crippen LogP contribution in [0.25, 0.3) is 10.2 Å². The van der Waals surface area contributed by atoms with Gasteiger partial charge in [-0.05, 0) is 31.2 Å². The molecule has 24 heavy (non-hydrogen) atoms. The maximum atomic E-state index is 11.9. The smallest absolute Gasteiger partial charge is 0.239 e. The number of hydrogen-bond acceptors (Lipinski definition) is 6. The molecule has 2 heterocycles. The van der Waals surface area contributed by atoms with Gasteiger partial charge in [0.1, 0.15) is 16.2 Å². The van der Waals surface area contributed by atoms with E-state index in [1.807, 2.05) is 6.92 Å². The fourth-order valence-electron chi connectivity index (χ4n) is 2.70. The van der Waals surface area contributed by atoms with Gasteiger partial charge in [-0.25, -0.2) is 9.97 Å². The standard InChI is InChI=1S/C16H20N4O2S2/c1-2-6-17-12(21)7-18-13(22)8-23-15-14-10-4-3-5-11(10)24-16(14)20-9-19-15/h9H,2-8H2,1H3,(H,17,21)(H,18,22). The lowest BCUT2D eigenvalue weighted by Crippen LogP contribution is -2.37. The van der Waals surface area contributed by atoms with Crippen LogP contribution < -0.4 is 10.6 Å². The normalized spacial score (nSPS) is 13.0. The van der Waals surface area contributed by atoms with Crippen LogP contribution in [0.3, 0.4) is 0 Å². The summed E-state index contributed by atoms with van der Waals surface area (Å²) in [6.45, 7) is 2.64. The number of hydrogen-bond donors (Lipinski definition) is 2. The summed E-state index contributed by atoms with van der Waals surface area (Å²) in [5.74, 6) is -0.0711. The second-order valence-electron chi connectivity index (χ2n) is 5.63. The van der Waals surface area contributed by atoms with Crippen LogP contribution in [-0.4, -0.2) is 40.6 Å². The third-order valence-electron chi connectivity index (χ3n) is 3.82. The SMILES string of the molecule is CCCNC(=O)CNC(=O)CSc1ncnc2sc3c(c12)CCC3. The van der Waals surface area contributed by atoms with E-state index < -0.39 is 0 Å². The van der Waals surface area contributed by atoms with Gasteiger partial charge in [0.2, 0.25) is 11.8 Å². The second kappa shape index (κ2) is 7.94. The van der Waals surface area contributed by atoms with Crippen LogP contribution in [0.5, 0.6) is 0 Å². The van der Waals surface area contributed by atoms with Gasteiger partial charge >= 0.3 is 0 Å². The molecule has 0 bridgehead atoms. The van der Waals surface area contributed by atoms with Crippen molar-refractivity contribution in [3.05, 3.63) is 16.8 Å². The number of thioether (sulfide) groups is 1. The van der Waals surface area contributed by atoms with Gasteiger partial charge in [-0.2, -0.15) is 0 Å². The molecular formula is C16H20N4O2S2. The fourth-order valence-corrected chi connectivity index (χ4v) is 4.85. The highest BCUT2D eigenvalue weighted by molar-refractivity contribution is 8.00. The van der Waals surface area contributed by atoms with Gasteiger partial charge in [0, 0.05) is 16.8 Å². The first-order chi connectivity index (χ1) is 11.7. The van der Waals surface area contributed by atoms with Crippen molar-refractivity contribution in [3.63, 3.8) is 0 Å². The molecule has 2 aromatic heterocycles. The van der Waals surface area contributed by atoms with E-state index in [-0.39, 0.29) is 24.1 Å². The van der Waals surface area contributed by atoms with Crippen molar-refractivity contribution in [2.24, 2.45) is 0 Å². The molecule has 0 unspecified atom stereocenters. The highest BCUT2D eigenvalue weighted by Gasteiger charge is 2.21. The molecule has 0 atom stereocenters. The first kappa shape index (κ1) is 17.2. The number of nitrogens with zero attached hydrogens (tertiary/aromatic N) is 2. The Bertz CT molecular complexity index is 760. The molecule has 6 nitrogen and oxygen atoms in total. The predicted octanol–water partition coefficient (Wildman–Crippen LogP) is 1.91. The van der Waals surface area contributed by atoms with Gasteiger partial charge in [-0.3, -0.25) is 9.59 Å². The lowest BCUT2D eigenvalue weighted by molar-refractivity contribution is -0.124. The zero-order valence-electron chi connectivity index (χ0n) is 13.6. The lowest BCUT2D eigenvalue weighted by Gasteiger charge is -2.06. The zero-order valence-corrected chi connectivity index (χ0v) is 15.2. The monoisotopic (exact) mass is 364 g/mol. The average Bonchev–Trinajstić information content (AvgIpc) is 3.16. The molecule has 0 radical (unpaired) electrons. The van der Waals surface area contributed by atoms with Crippen molar-refractivity contribution in [3.8, 4) is 0 Å². The molecule has 2 amide bonds. The molecule has 1 aliphatic rings. The van der Waals surface area contributed by atoms with E-state index in [0.29, 0.717) is 6.54 Å². The molecule has 0 spiro atoms. The zero-order chi connectivity index (χ0) is 16.9. The topological polar surface area (TPSA) is 84.0 Å². The number of fused-ring (bicyclic) bond motifs is 3. The van der Waals surface area contributed by atoms with E-state index in [1.54, 1.807) is 17.7 Å². The van der Waals surface area contributed by atoms with Crippen LogP contribution in [0.1, 0.15) is 30.2 Å². The van der Waals surface area contributed by atoms with Gasteiger partial charge in [0.05, 0.1) is 12.3 Å². The van der Waals surface area contributed by atoms with E-state index in [1.165, 1.54) is 28.6 Å². The summed E-state index contributed by atoms with van der Waals surface area (Å²) in [5.41, 5.74) is 1.36. The summed E-state index contributed by atoms with van der Waals surface area (Å²) in [6, 6.07) is 0. The Kier molecular flexibility index (Phi) is 5.68. The molecule has 2 aromatic rings. The Morgan fingerprint density at radius 1 is 1.25 bits per heavy atom. The first-order valence-electron chi connectivity index (χ1n) is 8.10. The number of carbonyl (C=O) groups excluding carboxylic acids is 2. The largest absolute Gasteiger partial charge is 0.355 e. The molecule has 2 N–H and O–H groups in total. The number of rotatable bonds is 7. The molecule has 128 valence electrons. The Hall–Kier alpha value is -1.67. The molecule has 0 saturated heterocycles. The van der Waals surface area contributed by atoms with Crippen molar-refractivity contribution in [2.45, 2.75) is 37.6 Å². The number of carbonyl (C=O) groups is 2. The van der Waals surface area contributed by atoms with Gasteiger partial charge < -0.3 is 10.6 Å². The third kappa shape index (κ3) is 3.87. The molecule has 0 aromatic carbocycles. The van der Waals surface area contributed by atoms with Crippen LogP contribution in [0.2, 0.25) is 0 Å². The molecule has 3 rings (SSSR count). The molecule has 1 aliphatic carbocycles. The Balaban J connectivity index is 1.58. The van der Waals surface area contributed by atoms with E-state index in [9.17, 15) is 9.59 Å². The first-order valence-corrected chi connectivity index (χ1v) is 9.90. The van der Waals surface area contributed by atoms with Crippen LogP contribution >= 0.6 is 23.1 Å². The van der Waals surface area contributed by atoms with Crippen molar-refractivity contribution in [1.29, 1.82) is 0 Å². The number of amides is 2. The molecule has 0 aliphatic heterocycles. The quantitative estimate of drug-likeness (QED) is 0.579. The van der Waals surface area contributed by atoms with Crippen LogP contribution in [0.15, 0.2) is 11.4 Å². The van der Waals surface area contributed by atoms with E-state index in [0.717, 1.165) is 34.5 Å². The van der Waals surface area contributed by atoms with Gasteiger partial charge in [0.25, 0.3) is 0 Å². The summed E-state index contributed by atoms with van der Waals surface area (Å²) in [4.78, 5) is 34.6. The van der Waals surface area contributed by atoms with Crippen molar-refractivity contribution in [1.82, 2.24) is 20.6 Å².